The predicted molar refractivity (Wildman–Crippen MR) is 77.3 cm³/mol. The van der Waals surface area contributed by atoms with E-state index in [9.17, 15) is 10.1 Å². The molecule has 0 aromatic carbocycles. The molecule has 0 saturated heterocycles. The third-order valence-electron chi connectivity index (χ3n) is 2.57. The Kier molecular flexibility index (Phi) is 5.17. The van der Waals surface area contributed by atoms with Gasteiger partial charge in [0.1, 0.15) is 6.20 Å². The summed E-state index contributed by atoms with van der Waals surface area (Å²) in [6.45, 7) is 5.50. The Bertz CT molecular complexity index is 476. The summed E-state index contributed by atoms with van der Waals surface area (Å²) in [6, 6.07) is 0. The second-order valence-electron chi connectivity index (χ2n) is 5.58. The summed E-state index contributed by atoms with van der Waals surface area (Å²) < 4.78 is 0. The molecule has 0 radical (unpaired) electrons. The van der Waals surface area contributed by atoms with E-state index in [4.69, 9.17) is 5.84 Å². The first-order valence-electron chi connectivity index (χ1n) is 6.12. The highest BCUT2D eigenvalue weighted by molar-refractivity contribution is 5.56. The van der Waals surface area contributed by atoms with Gasteiger partial charge in [0.05, 0.1) is 4.92 Å². The van der Waals surface area contributed by atoms with E-state index in [0.717, 1.165) is 12.7 Å². The number of nitrogen functional groups attached to an aromatic ring is 1. The number of nitrogens with two attached hydrogens (primary N) is 1. The first kappa shape index (κ1) is 16.1. The van der Waals surface area contributed by atoms with Gasteiger partial charge in [-0.15, -0.1) is 0 Å². The van der Waals surface area contributed by atoms with Gasteiger partial charge in [-0.05, 0) is 19.5 Å². The molecular weight excluding hydrogens is 262 g/mol. The number of hydrogen-bond acceptors (Lipinski definition) is 8. The lowest BCUT2D eigenvalue weighted by Crippen LogP contribution is -2.34. The summed E-state index contributed by atoms with van der Waals surface area (Å²) >= 11 is 0. The number of nitrogens with zero attached hydrogens (tertiary/aromatic N) is 4. The summed E-state index contributed by atoms with van der Waals surface area (Å²) in [7, 11) is 3.96. The molecule has 0 atom stereocenters. The van der Waals surface area contributed by atoms with Crippen LogP contribution in [-0.4, -0.2) is 47.0 Å². The fraction of sp³-hybridized carbons (Fsp3) is 0.636. The molecule has 0 fully saturated rings. The van der Waals surface area contributed by atoms with Gasteiger partial charge in [-0.1, -0.05) is 13.8 Å². The minimum Gasteiger partial charge on any atom is -0.364 e. The molecule has 0 bridgehead atoms. The predicted octanol–water partition coefficient (Wildman–Crippen LogP) is 0.670. The van der Waals surface area contributed by atoms with Crippen LogP contribution in [0.3, 0.4) is 0 Å². The lowest BCUT2D eigenvalue weighted by Gasteiger charge is -2.28. The Morgan fingerprint density at radius 1 is 1.50 bits per heavy atom. The van der Waals surface area contributed by atoms with Crippen molar-refractivity contribution in [3.05, 3.63) is 16.3 Å². The third kappa shape index (κ3) is 4.59. The number of aromatic nitrogens is 2. The molecule has 9 nitrogen and oxygen atoms in total. The van der Waals surface area contributed by atoms with Crippen LogP contribution in [-0.2, 0) is 0 Å². The molecule has 0 spiro atoms. The van der Waals surface area contributed by atoms with Crippen LogP contribution in [0.25, 0.3) is 0 Å². The molecule has 4 N–H and O–H groups in total. The van der Waals surface area contributed by atoms with Crippen LogP contribution in [0.4, 0.5) is 17.5 Å². The number of rotatable bonds is 7. The van der Waals surface area contributed by atoms with E-state index in [2.05, 4.69) is 39.5 Å². The molecule has 1 aromatic heterocycles. The molecule has 20 heavy (non-hydrogen) atoms. The minimum absolute atomic E-state index is 0.0708. The Morgan fingerprint density at radius 2 is 2.15 bits per heavy atom. The van der Waals surface area contributed by atoms with Crippen molar-refractivity contribution in [1.82, 2.24) is 14.9 Å². The van der Waals surface area contributed by atoms with Gasteiger partial charge in [0.15, 0.2) is 0 Å². The molecule has 1 heterocycles. The average Bonchev–Trinajstić information content (AvgIpc) is 2.34. The first-order chi connectivity index (χ1) is 9.25. The Labute approximate surface area is 117 Å². The van der Waals surface area contributed by atoms with Gasteiger partial charge >= 0.3 is 5.69 Å². The average molecular weight is 283 g/mol. The van der Waals surface area contributed by atoms with E-state index in [-0.39, 0.29) is 22.9 Å². The van der Waals surface area contributed by atoms with E-state index in [1.165, 1.54) is 0 Å². The SMILES string of the molecule is CN(C)CC(C)(C)CNc1nc(NN)ncc1[N+](=O)[O-]. The zero-order chi connectivity index (χ0) is 15.3. The quantitative estimate of drug-likeness (QED) is 0.379. The van der Waals surface area contributed by atoms with Crippen molar-refractivity contribution in [2.45, 2.75) is 13.8 Å². The van der Waals surface area contributed by atoms with Crippen LogP contribution in [0.15, 0.2) is 6.20 Å². The standard InChI is InChI=1S/C11H21N7O2/c1-11(2,7-17(3)4)6-14-9-8(18(19)20)5-13-10(15-9)16-12/h5H,6-7,12H2,1-4H3,(H2,13,14,15,16). The van der Waals surface area contributed by atoms with E-state index >= 15 is 0 Å². The summed E-state index contributed by atoms with van der Waals surface area (Å²) in [6.07, 6.45) is 1.13. The highest BCUT2D eigenvalue weighted by atomic mass is 16.6. The summed E-state index contributed by atoms with van der Waals surface area (Å²) in [5, 5.41) is 13.9. The summed E-state index contributed by atoms with van der Waals surface area (Å²) in [4.78, 5) is 20.2. The molecule has 0 amide bonds. The molecule has 112 valence electrons. The minimum atomic E-state index is -0.526. The lowest BCUT2D eigenvalue weighted by molar-refractivity contribution is -0.384. The Morgan fingerprint density at radius 3 is 2.65 bits per heavy atom. The molecule has 0 aliphatic heterocycles. The van der Waals surface area contributed by atoms with Gasteiger partial charge < -0.3 is 10.2 Å². The number of nitrogens with one attached hydrogen (secondary N) is 2. The van der Waals surface area contributed by atoms with Crippen LogP contribution >= 0.6 is 0 Å². The molecule has 1 aromatic rings. The van der Waals surface area contributed by atoms with Gasteiger partial charge in [0.25, 0.3) is 0 Å². The van der Waals surface area contributed by atoms with Crippen molar-refractivity contribution in [1.29, 1.82) is 0 Å². The van der Waals surface area contributed by atoms with E-state index in [0.29, 0.717) is 6.54 Å². The van der Waals surface area contributed by atoms with Crippen molar-refractivity contribution in [2.75, 3.05) is 37.9 Å². The lowest BCUT2D eigenvalue weighted by atomic mass is 9.93. The largest absolute Gasteiger partial charge is 0.364 e. The maximum atomic E-state index is 10.9. The van der Waals surface area contributed by atoms with Gasteiger partial charge in [0.2, 0.25) is 11.8 Å². The van der Waals surface area contributed by atoms with Gasteiger partial charge in [-0.2, -0.15) is 4.98 Å². The molecule has 0 aliphatic carbocycles. The molecule has 0 saturated carbocycles. The van der Waals surface area contributed by atoms with Crippen LogP contribution in [0.5, 0.6) is 0 Å². The fourth-order valence-corrected chi connectivity index (χ4v) is 1.94. The Balaban J connectivity index is 2.87. The van der Waals surface area contributed by atoms with E-state index in [1.807, 2.05) is 14.1 Å². The van der Waals surface area contributed by atoms with Crippen LogP contribution < -0.4 is 16.6 Å². The van der Waals surface area contributed by atoms with Crippen LogP contribution in [0, 0.1) is 15.5 Å². The maximum absolute atomic E-state index is 10.9. The number of nitro groups is 1. The monoisotopic (exact) mass is 283 g/mol. The smallest absolute Gasteiger partial charge is 0.329 e. The molecule has 9 heteroatoms. The number of hydrazine groups is 1. The summed E-state index contributed by atoms with van der Waals surface area (Å²) in [5.41, 5.74) is 2.02. The van der Waals surface area contributed by atoms with Gasteiger partial charge in [-0.25, -0.2) is 10.8 Å². The van der Waals surface area contributed by atoms with Crippen LogP contribution in [0.2, 0.25) is 0 Å². The second kappa shape index (κ2) is 6.44. The molecule has 1 rings (SSSR count). The zero-order valence-electron chi connectivity index (χ0n) is 12.2. The second-order valence-corrected chi connectivity index (χ2v) is 5.58. The zero-order valence-corrected chi connectivity index (χ0v) is 12.2. The number of anilines is 2. The van der Waals surface area contributed by atoms with E-state index < -0.39 is 4.92 Å². The van der Waals surface area contributed by atoms with Crippen molar-refractivity contribution >= 4 is 17.5 Å². The van der Waals surface area contributed by atoms with Gasteiger partial charge in [0, 0.05) is 13.1 Å². The number of hydrogen-bond donors (Lipinski definition) is 3. The molecule has 0 aliphatic rings. The maximum Gasteiger partial charge on any atom is 0.329 e. The normalized spacial score (nSPS) is 11.5. The van der Waals surface area contributed by atoms with E-state index in [1.54, 1.807) is 0 Å². The van der Waals surface area contributed by atoms with Crippen LogP contribution in [0.1, 0.15) is 13.8 Å². The highest BCUT2D eigenvalue weighted by Gasteiger charge is 2.22. The molecular formula is C11H21N7O2. The topological polar surface area (TPSA) is 122 Å². The molecule has 0 unspecified atom stereocenters. The van der Waals surface area contributed by atoms with Crippen molar-refractivity contribution < 1.29 is 4.92 Å². The van der Waals surface area contributed by atoms with Crippen molar-refractivity contribution in [2.24, 2.45) is 11.3 Å². The fourth-order valence-electron chi connectivity index (χ4n) is 1.94. The van der Waals surface area contributed by atoms with Crippen molar-refractivity contribution in [3.8, 4) is 0 Å². The van der Waals surface area contributed by atoms with Crippen molar-refractivity contribution in [3.63, 3.8) is 0 Å². The first-order valence-corrected chi connectivity index (χ1v) is 6.12. The highest BCUT2D eigenvalue weighted by Crippen LogP contribution is 2.24. The van der Waals surface area contributed by atoms with Gasteiger partial charge in [-0.3, -0.25) is 15.5 Å². The summed E-state index contributed by atoms with van der Waals surface area (Å²) in [5.74, 6) is 5.50. The third-order valence-corrected chi connectivity index (χ3v) is 2.57. The Hall–Kier alpha value is -2.00.